The van der Waals surface area contributed by atoms with Crippen LogP contribution >= 0.6 is 0 Å². The highest BCUT2D eigenvalue weighted by atomic mass is 16.5. The van der Waals surface area contributed by atoms with Crippen LogP contribution in [0.25, 0.3) is 0 Å². The quantitative estimate of drug-likeness (QED) is 0.0321. The number of carbonyl (C=O) groups excluding carboxylic acids is 2. The average Bonchev–Trinajstić information content (AvgIpc) is 3.34. The third-order valence-corrected chi connectivity index (χ3v) is 14.2. The Morgan fingerprint density at radius 1 is 0.397 bits per heavy atom. The minimum Gasteiger partial charge on any atom is -0.466 e. The van der Waals surface area contributed by atoms with Crippen LogP contribution in [0, 0.1) is 0 Å². The Hall–Kier alpha value is -1.66. The number of aliphatic hydroxyl groups is 2. The lowest BCUT2D eigenvalue weighted by molar-refractivity contribution is -0.143. The molecule has 0 radical (unpaired) electrons. The van der Waals surface area contributed by atoms with Gasteiger partial charge in [0.25, 0.3) is 0 Å². The van der Waals surface area contributed by atoms with Crippen LogP contribution in [0.2, 0.25) is 0 Å². The average molecular weight is 959 g/mol. The number of ether oxygens (including phenoxy) is 1. The van der Waals surface area contributed by atoms with E-state index in [1.807, 2.05) is 6.08 Å². The standard InChI is InChI=1S/C62H119NO5/c1-3-5-7-9-11-13-15-17-19-21-22-23-28-32-36-40-44-48-52-56-62(67)68-57-53-49-45-41-37-33-29-25-24-27-31-35-39-43-47-51-55-61(66)63-59(58-64)60(65)54-50-46-42-38-34-30-26-20-18-16-14-12-10-8-6-4-2/h17,19,50,54,59-60,64-65H,3-16,18,20-49,51-53,55-58H2,1-2H3,(H,63,66)/b19-17-,54-50+. The Kier molecular flexibility index (Phi) is 56.5. The minimum atomic E-state index is -0.849. The summed E-state index contributed by atoms with van der Waals surface area (Å²) in [5.41, 5.74) is 0. The van der Waals surface area contributed by atoms with Gasteiger partial charge in [0.15, 0.2) is 0 Å². The van der Waals surface area contributed by atoms with Crippen molar-refractivity contribution in [2.75, 3.05) is 13.2 Å². The molecule has 0 aromatic carbocycles. The maximum absolute atomic E-state index is 12.5. The zero-order valence-electron chi connectivity index (χ0n) is 45.9. The second-order valence-electron chi connectivity index (χ2n) is 21.0. The molecular formula is C62H119NO5. The van der Waals surface area contributed by atoms with Gasteiger partial charge in [-0.25, -0.2) is 0 Å². The number of nitrogens with one attached hydrogen (secondary N) is 1. The van der Waals surface area contributed by atoms with Crippen LogP contribution in [0.4, 0.5) is 0 Å². The van der Waals surface area contributed by atoms with Crippen LogP contribution in [0.5, 0.6) is 0 Å². The van der Waals surface area contributed by atoms with Gasteiger partial charge in [0, 0.05) is 12.8 Å². The second-order valence-corrected chi connectivity index (χ2v) is 21.0. The Labute approximate surface area is 424 Å². The van der Waals surface area contributed by atoms with Crippen LogP contribution in [-0.2, 0) is 14.3 Å². The highest BCUT2D eigenvalue weighted by molar-refractivity contribution is 5.76. The van der Waals surface area contributed by atoms with Gasteiger partial charge in [0.2, 0.25) is 5.91 Å². The van der Waals surface area contributed by atoms with E-state index < -0.39 is 12.1 Å². The fourth-order valence-corrected chi connectivity index (χ4v) is 9.51. The summed E-state index contributed by atoms with van der Waals surface area (Å²) in [4.78, 5) is 24.6. The van der Waals surface area contributed by atoms with Gasteiger partial charge < -0.3 is 20.3 Å². The molecule has 0 spiro atoms. The summed E-state index contributed by atoms with van der Waals surface area (Å²) in [7, 11) is 0. The van der Waals surface area contributed by atoms with E-state index in [-0.39, 0.29) is 18.5 Å². The highest BCUT2D eigenvalue weighted by Gasteiger charge is 2.18. The summed E-state index contributed by atoms with van der Waals surface area (Å²) >= 11 is 0. The van der Waals surface area contributed by atoms with Gasteiger partial charge in [0.05, 0.1) is 25.4 Å². The Morgan fingerprint density at radius 2 is 0.691 bits per heavy atom. The van der Waals surface area contributed by atoms with Crippen molar-refractivity contribution in [3.8, 4) is 0 Å². The van der Waals surface area contributed by atoms with Crippen molar-refractivity contribution in [1.29, 1.82) is 0 Å². The largest absolute Gasteiger partial charge is 0.466 e. The van der Waals surface area contributed by atoms with Crippen molar-refractivity contribution >= 4 is 11.9 Å². The molecule has 0 aliphatic carbocycles. The molecule has 0 heterocycles. The molecule has 0 fully saturated rings. The molecule has 3 N–H and O–H groups in total. The molecule has 0 aliphatic heterocycles. The first-order valence-corrected chi connectivity index (χ1v) is 30.6. The van der Waals surface area contributed by atoms with Crippen molar-refractivity contribution in [2.45, 2.75) is 347 Å². The predicted molar refractivity (Wildman–Crippen MR) is 296 cm³/mol. The van der Waals surface area contributed by atoms with E-state index in [1.54, 1.807) is 6.08 Å². The molecule has 0 aromatic rings. The van der Waals surface area contributed by atoms with E-state index in [4.69, 9.17) is 4.74 Å². The highest BCUT2D eigenvalue weighted by Crippen LogP contribution is 2.17. The van der Waals surface area contributed by atoms with E-state index in [0.29, 0.717) is 19.4 Å². The monoisotopic (exact) mass is 958 g/mol. The van der Waals surface area contributed by atoms with Gasteiger partial charge in [-0.2, -0.15) is 0 Å². The van der Waals surface area contributed by atoms with E-state index >= 15 is 0 Å². The van der Waals surface area contributed by atoms with Crippen LogP contribution < -0.4 is 5.32 Å². The number of hydrogen-bond acceptors (Lipinski definition) is 5. The van der Waals surface area contributed by atoms with Crippen molar-refractivity contribution in [2.24, 2.45) is 0 Å². The smallest absolute Gasteiger partial charge is 0.305 e. The zero-order chi connectivity index (χ0) is 49.3. The predicted octanol–water partition coefficient (Wildman–Crippen LogP) is 19.0. The molecule has 0 aliphatic rings. The molecule has 2 atom stereocenters. The number of allylic oxidation sites excluding steroid dienone is 3. The number of aliphatic hydroxyl groups excluding tert-OH is 2. The second kappa shape index (κ2) is 57.9. The van der Waals surface area contributed by atoms with Gasteiger partial charge in [-0.3, -0.25) is 9.59 Å². The molecule has 0 aromatic heterocycles. The SMILES string of the molecule is CCCCCCCC/C=C\CCCCCCCCCCCC(=O)OCCCCCCCCCCCCCCCCCCC(=O)NC(CO)C(O)/C=C/CCCCCCCCCCCCCCCC. The van der Waals surface area contributed by atoms with Gasteiger partial charge in [-0.15, -0.1) is 0 Å². The lowest BCUT2D eigenvalue weighted by Crippen LogP contribution is -2.45. The third-order valence-electron chi connectivity index (χ3n) is 14.2. The van der Waals surface area contributed by atoms with Gasteiger partial charge in [0.1, 0.15) is 0 Å². The molecular weight excluding hydrogens is 839 g/mol. The normalized spacial score (nSPS) is 12.7. The van der Waals surface area contributed by atoms with Crippen molar-refractivity contribution < 1.29 is 24.5 Å². The molecule has 0 rings (SSSR count). The Balaban J connectivity index is 3.43. The van der Waals surface area contributed by atoms with Crippen LogP contribution in [-0.4, -0.2) is 47.4 Å². The van der Waals surface area contributed by atoms with Gasteiger partial charge >= 0.3 is 5.97 Å². The summed E-state index contributed by atoms with van der Waals surface area (Å²) in [6, 6.07) is -0.633. The number of esters is 1. The number of carbonyl (C=O) groups is 2. The van der Waals surface area contributed by atoms with Crippen molar-refractivity contribution in [3.63, 3.8) is 0 Å². The van der Waals surface area contributed by atoms with Crippen LogP contribution in [0.3, 0.4) is 0 Å². The molecule has 2 unspecified atom stereocenters. The molecule has 0 saturated carbocycles. The topological polar surface area (TPSA) is 95.9 Å². The van der Waals surface area contributed by atoms with E-state index in [1.165, 1.54) is 263 Å². The van der Waals surface area contributed by atoms with Crippen LogP contribution in [0.1, 0.15) is 335 Å². The summed E-state index contributed by atoms with van der Waals surface area (Å²) < 4.78 is 5.49. The summed E-state index contributed by atoms with van der Waals surface area (Å²) in [6.07, 6.45) is 70.6. The molecule has 0 bridgehead atoms. The van der Waals surface area contributed by atoms with Gasteiger partial charge in [-0.1, -0.05) is 289 Å². The zero-order valence-corrected chi connectivity index (χ0v) is 45.9. The fraction of sp³-hybridized carbons (Fsp3) is 0.903. The summed E-state index contributed by atoms with van der Waals surface area (Å²) in [5, 5.41) is 23.1. The molecule has 0 saturated heterocycles. The molecule has 402 valence electrons. The number of hydrogen-bond donors (Lipinski definition) is 3. The lowest BCUT2D eigenvalue weighted by Gasteiger charge is -2.20. The van der Waals surface area contributed by atoms with Crippen LogP contribution in [0.15, 0.2) is 24.3 Å². The molecule has 6 heteroatoms. The first-order valence-electron chi connectivity index (χ1n) is 30.6. The van der Waals surface area contributed by atoms with Crippen molar-refractivity contribution in [3.05, 3.63) is 24.3 Å². The van der Waals surface area contributed by atoms with E-state index in [0.717, 1.165) is 44.9 Å². The van der Waals surface area contributed by atoms with Crippen molar-refractivity contribution in [1.82, 2.24) is 5.32 Å². The molecule has 1 amide bonds. The molecule has 68 heavy (non-hydrogen) atoms. The van der Waals surface area contributed by atoms with E-state index in [2.05, 4.69) is 31.3 Å². The Morgan fingerprint density at radius 3 is 1.04 bits per heavy atom. The first-order chi connectivity index (χ1) is 33.5. The van der Waals surface area contributed by atoms with Gasteiger partial charge in [-0.05, 0) is 57.8 Å². The number of rotatable bonds is 57. The minimum absolute atomic E-state index is 0.00218. The maximum atomic E-state index is 12.5. The summed E-state index contributed by atoms with van der Waals surface area (Å²) in [5.74, 6) is -0.0706. The third kappa shape index (κ3) is 53.7. The number of amides is 1. The maximum Gasteiger partial charge on any atom is 0.305 e. The first kappa shape index (κ1) is 66.3. The molecule has 6 nitrogen and oxygen atoms in total. The lowest BCUT2D eigenvalue weighted by atomic mass is 10.0. The summed E-state index contributed by atoms with van der Waals surface area (Å²) in [6.45, 7) is 4.90. The van der Waals surface area contributed by atoms with E-state index in [9.17, 15) is 19.8 Å². The fourth-order valence-electron chi connectivity index (χ4n) is 9.51. The Bertz CT molecular complexity index is 1060. The number of unbranched alkanes of at least 4 members (excludes halogenated alkanes) is 44.